The molecule has 0 aliphatic rings. The van der Waals surface area contributed by atoms with Gasteiger partial charge < -0.3 is 9.73 Å². The van der Waals surface area contributed by atoms with E-state index >= 15 is 0 Å². The maximum absolute atomic E-state index is 13.1. The number of hydrogen-bond donors (Lipinski definition) is 1. The molecule has 33 heavy (non-hydrogen) atoms. The molecular weight excluding hydrogens is 455 g/mol. The summed E-state index contributed by atoms with van der Waals surface area (Å²) >= 11 is 6.09. The van der Waals surface area contributed by atoms with Crippen molar-refractivity contribution in [1.82, 2.24) is 15.2 Å². The van der Waals surface area contributed by atoms with E-state index in [-0.39, 0.29) is 24.7 Å². The monoisotopic (exact) mass is 479 g/mol. The summed E-state index contributed by atoms with van der Waals surface area (Å²) in [5, 5.41) is 3.34. The number of nitrogens with one attached hydrogen (secondary N) is 1. The van der Waals surface area contributed by atoms with Crippen molar-refractivity contribution in [1.29, 1.82) is 0 Å². The van der Waals surface area contributed by atoms with Crippen molar-refractivity contribution in [2.45, 2.75) is 39.7 Å². The van der Waals surface area contributed by atoms with Crippen molar-refractivity contribution in [2.75, 3.05) is 6.54 Å². The van der Waals surface area contributed by atoms with E-state index in [1.807, 2.05) is 30.9 Å². The van der Waals surface area contributed by atoms with Crippen molar-refractivity contribution in [3.63, 3.8) is 0 Å². The van der Waals surface area contributed by atoms with E-state index in [0.29, 0.717) is 35.5 Å². The fourth-order valence-corrected chi connectivity index (χ4v) is 3.44. The summed E-state index contributed by atoms with van der Waals surface area (Å²) in [7, 11) is 0. The summed E-state index contributed by atoms with van der Waals surface area (Å²) in [6, 6.07) is 12.4. The second-order valence-corrected chi connectivity index (χ2v) is 8.64. The number of amides is 1. The second-order valence-electron chi connectivity index (χ2n) is 8.20. The molecule has 0 saturated carbocycles. The molecule has 1 amide bonds. The van der Waals surface area contributed by atoms with E-state index < -0.39 is 11.7 Å². The van der Waals surface area contributed by atoms with Crippen molar-refractivity contribution >= 4 is 17.5 Å². The number of carbonyl (C=O) groups excluding carboxylic acids is 1. The van der Waals surface area contributed by atoms with Crippen molar-refractivity contribution in [3.05, 3.63) is 88.1 Å². The predicted molar refractivity (Wildman–Crippen MR) is 120 cm³/mol. The van der Waals surface area contributed by atoms with E-state index in [4.69, 9.17) is 16.0 Å². The Kier molecular flexibility index (Phi) is 8.15. The summed E-state index contributed by atoms with van der Waals surface area (Å²) in [5.41, 5.74) is 0.833. The van der Waals surface area contributed by atoms with Gasteiger partial charge in [0.1, 0.15) is 6.26 Å². The van der Waals surface area contributed by atoms with E-state index in [2.05, 4.69) is 10.3 Å². The molecule has 0 bridgehead atoms. The SMILES string of the molecule is CC(C)CNC(=O)c1coc(CN(Cc2cccc(Cl)c2)Cc2cccc(C(F)(F)F)c2)n1. The van der Waals surface area contributed by atoms with Gasteiger partial charge in [-0.2, -0.15) is 13.2 Å². The summed E-state index contributed by atoms with van der Waals surface area (Å²) in [4.78, 5) is 18.4. The van der Waals surface area contributed by atoms with Gasteiger partial charge in [-0.1, -0.05) is 55.8 Å². The smallest absolute Gasteiger partial charge is 0.416 e. The van der Waals surface area contributed by atoms with E-state index in [1.165, 1.54) is 12.3 Å². The first kappa shape index (κ1) is 24.8. The minimum absolute atomic E-state index is 0.160. The number of benzene rings is 2. The molecule has 0 fully saturated rings. The number of alkyl halides is 3. The van der Waals surface area contributed by atoms with Gasteiger partial charge in [-0.05, 0) is 35.2 Å². The standard InChI is InChI=1S/C24H25ClF3N3O2/c1-16(2)11-29-23(32)21-15-33-22(30-21)14-31(13-18-6-4-8-20(25)10-18)12-17-5-3-7-19(9-17)24(26,27)28/h3-10,15-16H,11-14H2,1-2H3,(H,29,32). The molecule has 1 N–H and O–H groups in total. The lowest BCUT2D eigenvalue weighted by Gasteiger charge is -2.22. The number of halogens is 4. The lowest BCUT2D eigenvalue weighted by Crippen LogP contribution is -2.27. The molecular formula is C24H25ClF3N3O2. The Morgan fingerprint density at radius 3 is 2.39 bits per heavy atom. The first-order valence-corrected chi connectivity index (χ1v) is 10.8. The number of nitrogens with zero attached hydrogens (tertiary/aromatic N) is 2. The highest BCUT2D eigenvalue weighted by atomic mass is 35.5. The van der Waals surface area contributed by atoms with Gasteiger partial charge in [0, 0.05) is 24.7 Å². The number of hydrogen-bond acceptors (Lipinski definition) is 4. The van der Waals surface area contributed by atoms with Crippen LogP contribution in [-0.4, -0.2) is 22.3 Å². The summed E-state index contributed by atoms with van der Waals surface area (Å²) in [5.74, 6) is 0.248. The largest absolute Gasteiger partial charge is 0.447 e. The van der Waals surface area contributed by atoms with Crippen molar-refractivity contribution < 1.29 is 22.4 Å². The second kappa shape index (κ2) is 10.9. The number of oxazole rings is 1. The third-order valence-corrected chi connectivity index (χ3v) is 5.00. The molecule has 0 aliphatic carbocycles. The summed E-state index contributed by atoms with van der Waals surface area (Å²) in [6.45, 7) is 5.28. The van der Waals surface area contributed by atoms with Crippen LogP contribution in [-0.2, 0) is 25.8 Å². The van der Waals surface area contributed by atoms with Crippen LogP contribution in [0.5, 0.6) is 0 Å². The molecule has 0 radical (unpaired) electrons. The van der Waals surface area contributed by atoms with Crippen LogP contribution in [0.2, 0.25) is 5.02 Å². The van der Waals surface area contributed by atoms with Gasteiger partial charge in [0.25, 0.3) is 5.91 Å². The highest BCUT2D eigenvalue weighted by Crippen LogP contribution is 2.30. The van der Waals surface area contributed by atoms with E-state index in [1.54, 1.807) is 18.2 Å². The van der Waals surface area contributed by atoms with Crippen LogP contribution in [0, 0.1) is 5.92 Å². The molecule has 0 spiro atoms. The maximum Gasteiger partial charge on any atom is 0.416 e. The average Bonchev–Trinajstić information content (AvgIpc) is 3.20. The van der Waals surface area contributed by atoms with Crippen molar-refractivity contribution in [2.24, 2.45) is 5.92 Å². The predicted octanol–water partition coefficient (Wildman–Crippen LogP) is 5.94. The Balaban J connectivity index is 1.79. The molecule has 176 valence electrons. The zero-order valence-corrected chi connectivity index (χ0v) is 19.1. The zero-order chi connectivity index (χ0) is 24.0. The lowest BCUT2D eigenvalue weighted by atomic mass is 10.1. The van der Waals surface area contributed by atoms with Crippen LogP contribution in [0.15, 0.2) is 59.2 Å². The third-order valence-electron chi connectivity index (χ3n) is 4.77. The first-order valence-electron chi connectivity index (χ1n) is 10.5. The Labute approximate surface area is 195 Å². The molecule has 1 aromatic heterocycles. The van der Waals surface area contributed by atoms with Crippen LogP contribution in [0.25, 0.3) is 0 Å². The van der Waals surface area contributed by atoms with Crippen LogP contribution >= 0.6 is 11.6 Å². The molecule has 0 atom stereocenters. The summed E-state index contributed by atoms with van der Waals surface area (Å²) in [6.07, 6.45) is -3.14. The molecule has 3 aromatic rings. The van der Waals surface area contributed by atoms with Crippen LogP contribution in [0.1, 0.15) is 46.9 Å². The molecule has 2 aromatic carbocycles. The molecule has 3 rings (SSSR count). The fraction of sp³-hybridized carbons (Fsp3) is 0.333. The lowest BCUT2D eigenvalue weighted by molar-refractivity contribution is -0.137. The fourth-order valence-electron chi connectivity index (χ4n) is 3.23. The normalized spacial score (nSPS) is 11.9. The Morgan fingerprint density at radius 2 is 1.76 bits per heavy atom. The number of rotatable bonds is 9. The minimum atomic E-state index is -4.42. The highest BCUT2D eigenvalue weighted by molar-refractivity contribution is 6.30. The average molecular weight is 480 g/mol. The molecule has 1 heterocycles. The maximum atomic E-state index is 13.1. The van der Waals surface area contributed by atoms with Gasteiger partial charge in [0.05, 0.1) is 12.1 Å². The quantitative estimate of drug-likeness (QED) is 0.413. The zero-order valence-electron chi connectivity index (χ0n) is 18.3. The molecule has 0 saturated heterocycles. The van der Waals surface area contributed by atoms with Gasteiger partial charge in [-0.3, -0.25) is 9.69 Å². The number of aromatic nitrogens is 1. The number of carbonyl (C=O) groups is 1. The Hall–Kier alpha value is -2.84. The molecule has 0 aliphatic heterocycles. The van der Waals surface area contributed by atoms with Gasteiger partial charge >= 0.3 is 6.18 Å². The highest BCUT2D eigenvalue weighted by Gasteiger charge is 2.30. The first-order chi connectivity index (χ1) is 15.6. The van der Waals surface area contributed by atoms with Gasteiger partial charge in [-0.25, -0.2) is 4.98 Å². The Bertz CT molecular complexity index is 1080. The van der Waals surface area contributed by atoms with Gasteiger partial charge in [0.15, 0.2) is 5.69 Å². The van der Waals surface area contributed by atoms with Crippen LogP contribution in [0.4, 0.5) is 13.2 Å². The third kappa shape index (κ3) is 7.61. The van der Waals surface area contributed by atoms with Gasteiger partial charge in [-0.15, -0.1) is 0 Å². The topological polar surface area (TPSA) is 58.4 Å². The molecule has 9 heteroatoms. The van der Waals surface area contributed by atoms with E-state index in [0.717, 1.165) is 17.7 Å². The summed E-state index contributed by atoms with van der Waals surface area (Å²) < 4.78 is 44.9. The van der Waals surface area contributed by atoms with Crippen LogP contribution in [0.3, 0.4) is 0 Å². The molecule has 5 nitrogen and oxygen atoms in total. The minimum Gasteiger partial charge on any atom is -0.447 e. The van der Waals surface area contributed by atoms with E-state index in [9.17, 15) is 18.0 Å². The van der Waals surface area contributed by atoms with Crippen molar-refractivity contribution in [3.8, 4) is 0 Å². The molecule has 0 unspecified atom stereocenters. The van der Waals surface area contributed by atoms with Gasteiger partial charge in [0.2, 0.25) is 5.89 Å². The van der Waals surface area contributed by atoms with Crippen LogP contribution < -0.4 is 5.32 Å². The Morgan fingerprint density at radius 1 is 1.09 bits per heavy atom.